The van der Waals surface area contributed by atoms with Crippen LogP contribution in [0, 0.1) is 11.7 Å². The third-order valence-electron chi connectivity index (χ3n) is 7.85. The van der Waals surface area contributed by atoms with Gasteiger partial charge in [0.1, 0.15) is 5.82 Å². The highest BCUT2D eigenvalue weighted by molar-refractivity contribution is 6.32. The average molecular weight is 591 g/mol. The fourth-order valence-corrected chi connectivity index (χ4v) is 6.24. The summed E-state index contributed by atoms with van der Waals surface area (Å²) in [5, 5.41) is 9.90. The summed E-state index contributed by atoms with van der Waals surface area (Å²) in [4.78, 5) is 13.8. The van der Waals surface area contributed by atoms with Gasteiger partial charge in [-0.3, -0.25) is 0 Å². The average Bonchev–Trinajstić information content (AvgIpc) is 3.26. The Labute approximate surface area is 244 Å². The SMILES string of the molecule is Cl.O=C(O)c1ccc2c(c1)CCCC(c1ccc(F)cc1Cl)=C2c1ccc(CC2CCN(CCC(F)F)C2)cc1. The van der Waals surface area contributed by atoms with E-state index in [4.69, 9.17) is 11.6 Å². The monoisotopic (exact) mass is 589 g/mol. The van der Waals surface area contributed by atoms with E-state index in [-0.39, 0.29) is 24.4 Å². The summed E-state index contributed by atoms with van der Waals surface area (Å²) in [6.45, 7) is 2.14. The molecule has 3 nitrogen and oxygen atoms in total. The summed E-state index contributed by atoms with van der Waals surface area (Å²) < 4.78 is 39.1. The Morgan fingerprint density at radius 1 is 1.02 bits per heavy atom. The van der Waals surface area contributed by atoms with Crippen LogP contribution < -0.4 is 0 Å². The van der Waals surface area contributed by atoms with Crippen molar-refractivity contribution in [3.8, 4) is 0 Å². The standard InChI is InChI=1S/C32H31ClF3NO2.ClH/c33-29-18-25(34)9-11-27(29)28-3-1-2-23-17-24(32(38)39)8-10-26(23)31(28)22-6-4-20(5-7-22)16-21-12-14-37(19-21)15-13-30(35)36;/h4-11,17-18,21,30H,1-3,12-16,19H2,(H,38,39);1H. The van der Waals surface area contributed by atoms with Gasteiger partial charge in [-0.05, 0) is 108 Å². The first-order valence-electron chi connectivity index (χ1n) is 13.4. The second-order valence-electron chi connectivity index (χ2n) is 10.5. The minimum atomic E-state index is -2.26. The smallest absolute Gasteiger partial charge is 0.335 e. The van der Waals surface area contributed by atoms with Crippen molar-refractivity contribution < 1.29 is 23.1 Å². The van der Waals surface area contributed by atoms with E-state index < -0.39 is 18.2 Å². The molecule has 212 valence electrons. The molecule has 0 amide bonds. The normalized spacial score (nSPS) is 17.5. The molecule has 3 aromatic rings. The van der Waals surface area contributed by atoms with Crippen LogP contribution in [0.15, 0.2) is 60.7 Å². The summed E-state index contributed by atoms with van der Waals surface area (Å²) in [5.41, 5.74) is 7.15. The minimum Gasteiger partial charge on any atom is -0.478 e. The number of aryl methyl sites for hydroxylation is 1. The third kappa shape index (κ3) is 6.91. The van der Waals surface area contributed by atoms with Crippen LogP contribution in [0.25, 0.3) is 11.1 Å². The molecule has 8 heteroatoms. The van der Waals surface area contributed by atoms with E-state index in [1.54, 1.807) is 18.2 Å². The van der Waals surface area contributed by atoms with Gasteiger partial charge in [0, 0.05) is 19.5 Å². The van der Waals surface area contributed by atoms with Crippen molar-refractivity contribution in [3.05, 3.63) is 105 Å². The number of benzene rings is 3. The number of allylic oxidation sites excluding steroid dienone is 1. The maximum atomic E-state index is 13.9. The highest BCUT2D eigenvalue weighted by atomic mass is 35.5. The molecule has 0 spiro atoms. The predicted molar refractivity (Wildman–Crippen MR) is 156 cm³/mol. The van der Waals surface area contributed by atoms with Crippen molar-refractivity contribution in [3.63, 3.8) is 0 Å². The Bertz CT molecular complexity index is 1390. The summed E-state index contributed by atoms with van der Waals surface area (Å²) in [5.74, 6) is -0.914. The molecule has 0 saturated carbocycles. The first-order valence-corrected chi connectivity index (χ1v) is 13.8. The largest absolute Gasteiger partial charge is 0.478 e. The second kappa shape index (κ2) is 13.2. The van der Waals surface area contributed by atoms with Crippen LogP contribution in [-0.2, 0) is 12.8 Å². The lowest BCUT2D eigenvalue weighted by atomic mass is 9.86. The number of alkyl halides is 2. The van der Waals surface area contributed by atoms with Crippen molar-refractivity contribution in [1.29, 1.82) is 0 Å². The van der Waals surface area contributed by atoms with E-state index in [0.29, 0.717) is 17.5 Å². The van der Waals surface area contributed by atoms with E-state index in [1.165, 1.54) is 17.7 Å². The third-order valence-corrected chi connectivity index (χ3v) is 8.17. The maximum Gasteiger partial charge on any atom is 0.335 e. The maximum absolute atomic E-state index is 13.9. The molecule has 1 aliphatic carbocycles. The molecule has 2 aliphatic rings. The van der Waals surface area contributed by atoms with Crippen LogP contribution in [0.5, 0.6) is 0 Å². The Morgan fingerprint density at radius 2 is 1.77 bits per heavy atom. The van der Waals surface area contributed by atoms with Gasteiger partial charge in [-0.1, -0.05) is 48.0 Å². The number of halogens is 5. The molecule has 3 aromatic carbocycles. The zero-order chi connectivity index (χ0) is 27.5. The molecule has 5 rings (SSSR count). The highest BCUT2D eigenvalue weighted by Gasteiger charge is 2.25. The van der Waals surface area contributed by atoms with Crippen LogP contribution >= 0.6 is 24.0 Å². The predicted octanol–water partition coefficient (Wildman–Crippen LogP) is 8.41. The fourth-order valence-electron chi connectivity index (χ4n) is 5.96. The van der Waals surface area contributed by atoms with Crippen molar-refractivity contribution in [2.24, 2.45) is 5.92 Å². The number of fused-ring (bicyclic) bond motifs is 1. The van der Waals surface area contributed by atoms with Gasteiger partial charge >= 0.3 is 5.97 Å². The van der Waals surface area contributed by atoms with Gasteiger partial charge in [0.25, 0.3) is 0 Å². The summed E-state index contributed by atoms with van der Waals surface area (Å²) in [6.07, 6.45) is 1.81. The number of carboxylic acid groups (broad SMARTS) is 1. The van der Waals surface area contributed by atoms with E-state index in [1.807, 2.05) is 6.07 Å². The van der Waals surface area contributed by atoms with Crippen molar-refractivity contribution in [2.75, 3.05) is 19.6 Å². The van der Waals surface area contributed by atoms with Crippen LogP contribution in [0.1, 0.15) is 63.9 Å². The van der Waals surface area contributed by atoms with Crippen LogP contribution in [0.3, 0.4) is 0 Å². The van der Waals surface area contributed by atoms with Crippen molar-refractivity contribution in [1.82, 2.24) is 4.90 Å². The number of rotatable bonds is 8. The zero-order valence-electron chi connectivity index (χ0n) is 22.0. The zero-order valence-corrected chi connectivity index (χ0v) is 23.6. The quantitative estimate of drug-likeness (QED) is 0.286. The van der Waals surface area contributed by atoms with Gasteiger partial charge in [-0.25, -0.2) is 18.0 Å². The lowest BCUT2D eigenvalue weighted by molar-refractivity contribution is 0.0696. The molecule has 1 heterocycles. The summed E-state index contributed by atoms with van der Waals surface area (Å²) in [6, 6.07) is 18.1. The molecule has 0 bridgehead atoms. The summed E-state index contributed by atoms with van der Waals surface area (Å²) in [7, 11) is 0. The number of aromatic carboxylic acids is 1. The number of likely N-dealkylation sites (tertiary alicyclic amines) is 1. The second-order valence-corrected chi connectivity index (χ2v) is 11.0. The molecule has 0 radical (unpaired) electrons. The lowest BCUT2D eigenvalue weighted by Gasteiger charge is -2.19. The van der Waals surface area contributed by atoms with Crippen molar-refractivity contribution in [2.45, 2.75) is 45.0 Å². The topological polar surface area (TPSA) is 40.5 Å². The lowest BCUT2D eigenvalue weighted by Crippen LogP contribution is -2.23. The number of hydrogen-bond donors (Lipinski definition) is 1. The Morgan fingerprint density at radius 3 is 2.48 bits per heavy atom. The molecule has 1 unspecified atom stereocenters. The van der Waals surface area contributed by atoms with Crippen LogP contribution in [0.4, 0.5) is 13.2 Å². The molecule has 0 aromatic heterocycles. The van der Waals surface area contributed by atoms with Gasteiger partial charge in [0.05, 0.1) is 10.6 Å². The van der Waals surface area contributed by atoms with E-state index in [0.717, 1.165) is 78.6 Å². The molecular formula is C32H32Cl2F3NO2. The molecule has 1 fully saturated rings. The van der Waals surface area contributed by atoms with Gasteiger partial charge in [0.2, 0.25) is 6.43 Å². The van der Waals surface area contributed by atoms with Crippen LogP contribution in [-0.4, -0.2) is 42.0 Å². The summed E-state index contributed by atoms with van der Waals surface area (Å²) >= 11 is 6.54. The van der Waals surface area contributed by atoms with E-state index in [2.05, 4.69) is 29.2 Å². The fraction of sp³-hybridized carbons (Fsp3) is 0.344. The molecule has 1 N–H and O–H groups in total. The van der Waals surface area contributed by atoms with E-state index >= 15 is 0 Å². The molecular weight excluding hydrogens is 558 g/mol. The van der Waals surface area contributed by atoms with Gasteiger partial charge < -0.3 is 10.0 Å². The van der Waals surface area contributed by atoms with Crippen LogP contribution in [0.2, 0.25) is 5.02 Å². The minimum absolute atomic E-state index is 0. The van der Waals surface area contributed by atoms with Crippen molar-refractivity contribution >= 4 is 41.1 Å². The van der Waals surface area contributed by atoms with Gasteiger partial charge in [-0.15, -0.1) is 12.4 Å². The highest BCUT2D eigenvalue weighted by Crippen LogP contribution is 2.42. The van der Waals surface area contributed by atoms with E-state index in [9.17, 15) is 23.1 Å². The number of nitrogens with zero attached hydrogens (tertiary/aromatic N) is 1. The molecule has 1 saturated heterocycles. The first kappa shape index (κ1) is 30.2. The molecule has 40 heavy (non-hydrogen) atoms. The number of carbonyl (C=O) groups is 1. The molecule has 1 aliphatic heterocycles. The molecule has 1 atom stereocenters. The van der Waals surface area contributed by atoms with Gasteiger partial charge in [0.15, 0.2) is 0 Å². The first-order chi connectivity index (χ1) is 18.8. The Hall–Kier alpha value is -2.80. The Kier molecular flexibility index (Phi) is 9.99. The number of carboxylic acids is 1. The van der Waals surface area contributed by atoms with Gasteiger partial charge in [-0.2, -0.15) is 0 Å². The number of hydrogen-bond acceptors (Lipinski definition) is 2. The Balaban J connectivity index is 0.00000370.